The maximum Gasteiger partial charge on any atom is 0.262 e. The summed E-state index contributed by atoms with van der Waals surface area (Å²) in [5.41, 5.74) is 2.40. The van der Waals surface area contributed by atoms with Crippen molar-refractivity contribution in [3.63, 3.8) is 0 Å². The number of nitrogens with zero attached hydrogens (tertiary/aromatic N) is 4. The van der Waals surface area contributed by atoms with E-state index in [4.69, 9.17) is 5.26 Å². The third-order valence-corrected chi connectivity index (χ3v) is 2.98. The number of carbonyl (C=O) groups is 1. The zero-order valence-electron chi connectivity index (χ0n) is 12.5. The molecule has 0 radical (unpaired) electrons. The minimum atomic E-state index is -0.379. The van der Waals surface area contributed by atoms with E-state index in [9.17, 15) is 4.79 Å². The van der Waals surface area contributed by atoms with Crippen LogP contribution in [0.15, 0.2) is 17.8 Å². The maximum atomic E-state index is 11.9. The van der Waals surface area contributed by atoms with Crippen LogP contribution in [-0.4, -0.2) is 26.7 Å². The third kappa shape index (κ3) is 3.08. The van der Waals surface area contributed by atoms with Gasteiger partial charge >= 0.3 is 0 Å². The Morgan fingerprint density at radius 2 is 2.24 bits per heavy atom. The van der Waals surface area contributed by atoms with Crippen LogP contribution in [0, 0.1) is 18.3 Å². The van der Waals surface area contributed by atoms with Crippen LogP contribution in [0.4, 0.5) is 0 Å². The molecule has 0 fully saturated rings. The topological polar surface area (TPSA) is 83.6 Å². The van der Waals surface area contributed by atoms with Crippen molar-refractivity contribution in [2.75, 3.05) is 0 Å². The fourth-order valence-corrected chi connectivity index (χ4v) is 2.06. The Morgan fingerprint density at radius 3 is 2.86 bits per heavy atom. The third-order valence-electron chi connectivity index (χ3n) is 2.98. The highest BCUT2D eigenvalue weighted by molar-refractivity contribution is 6.02. The van der Waals surface area contributed by atoms with Crippen LogP contribution in [0.2, 0.25) is 0 Å². The summed E-state index contributed by atoms with van der Waals surface area (Å²) in [5, 5.41) is 17.0. The van der Waals surface area contributed by atoms with Crippen molar-refractivity contribution in [1.29, 1.82) is 5.26 Å². The number of rotatable bonds is 3. The van der Waals surface area contributed by atoms with Gasteiger partial charge in [-0.05, 0) is 38.5 Å². The monoisotopic (exact) mass is 283 g/mol. The standard InChI is InChI=1S/C15H17N5O/c1-9(2)18-15(21)12(7-16)5-11-6-13-10(3)19-20(4)14(13)17-8-11/h5-6,8-9H,1-4H3,(H,18,21)/b12-5-. The molecule has 0 aromatic carbocycles. The summed E-state index contributed by atoms with van der Waals surface area (Å²) in [6, 6.07) is 3.79. The first-order valence-corrected chi connectivity index (χ1v) is 6.64. The van der Waals surface area contributed by atoms with E-state index in [0.717, 1.165) is 16.7 Å². The van der Waals surface area contributed by atoms with Crippen molar-refractivity contribution in [3.8, 4) is 6.07 Å². The van der Waals surface area contributed by atoms with Crippen molar-refractivity contribution < 1.29 is 4.79 Å². The Bertz CT molecular complexity index is 764. The molecule has 2 heterocycles. The molecule has 0 saturated carbocycles. The van der Waals surface area contributed by atoms with Crippen molar-refractivity contribution in [2.45, 2.75) is 26.8 Å². The van der Waals surface area contributed by atoms with E-state index in [2.05, 4.69) is 15.4 Å². The van der Waals surface area contributed by atoms with Crippen LogP contribution < -0.4 is 5.32 Å². The van der Waals surface area contributed by atoms with E-state index in [0.29, 0.717) is 5.56 Å². The van der Waals surface area contributed by atoms with Gasteiger partial charge in [-0.2, -0.15) is 10.4 Å². The van der Waals surface area contributed by atoms with E-state index >= 15 is 0 Å². The lowest BCUT2D eigenvalue weighted by atomic mass is 10.1. The zero-order chi connectivity index (χ0) is 15.6. The summed E-state index contributed by atoms with van der Waals surface area (Å²) >= 11 is 0. The molecule has 108 valence electrons. The summed E-state index contributed by atoms with van der Waals surface area (Å²) in [6.07, 6.45) is 3.17. The smallest absolute Gasteiger partial charge is 0.262 e. The van der Waals surface area contributed by atoms with Crippen LogP contribution in [-0.2, 0) is 11.8 Å². The van der Waals surface area contributed by atoms with Gasteiger partial charge in [0.1, 0.15) is 11.6 Å². The van der Waals surface area contributed by atoms with E-state index in [1.807, 2.05) is 40.0 Å². The second-order valence-corrected chi connectivity index (χ2v) is 5.15. The highest BCUT2D eigenvalue weighted by Gasteiger charge is 2.11. The fraction of sp³-hybridized carbons (Fsp3) is 0.333. The van der Waals surface area contributed by atoms with Crippen molar-refractivity contribution in [3.05, 3.63) is 29.1 Å². The van der Waals surface area contributed by atoms with Gasteiger partial charge in [0, 0.05) is 24.7 Å². The molecule has 2 aromatic heterocycles. The minimum Gasteiger partial charge on any atom is -0.349 e. The van der Waals surface area contributed by atoms with Gasteiger partial charge in [0.25, 0.3) is 5.91 Å². The zero-order valence-corrected chi connectivity index (χ0v) is 12.5. The molecule has 0 bridgehead atoms. The molecular formula is C15H17N5O. The van der Waals surface area contributed by atoms with Gasteiger partial charge in [0.2, 0.25) is 0 Å². The Hall–Kier alpha value is -2.68. The molecular weight excluding hydrogens is 266 g/mol. The predicted molar refractivity (Wildman–Crippen MR) is 80.1 cm³/mol. The average Bonchev–Trinajstić information content (AvgIpc) is 2.70. The second kappa shape index (κ2) is 5.75. The predicted octanol–water partition coefficient (Wildman–Crippen LogP) is 1.71. The number of nitrogens with one attached hydrogen (secondary N) is 1. The normalized spacial score (nSPS) is 11.7. The molecule has 0 unspecified atom stereocenters. The summed E-state index contributed by atoms with van der Waals surface area (Å²) in [6.45, 7) is 5.59. The van der Waals surface area contributed by atoms with Gasteiger partial charge in [-0.3, -0.25) is 9.48 Å². The van der Waals surface area contributed by atoms with Crippen LogP contribution in [0.25, 0.3) is 17.1 Å². The highest BCUT2D eigenvalue weighted by Crippen LogP contribution is 2.18. The molecule has 0 aliphatic rings. The van der Waals surface area contributed by atoms with Crippen molar-refractivity contribution in [2.24, 2.45) is 7.05 Å². The summed E-state index contributed by atoms with van der Waals surface area (Å²) in [4.78, 5) is 16.2. The Kier molecular flexibility index (Phi) is 4.03. The highest BCUT2D eigenvalue weighted by atomic mass is 16.1. The number of aryl methyl sites for hydroxylation is 2. The van der Waals surface area contributed by atoms with Crippen molar-refractivity contribution in [1.82, 2.24) is 20.1 Å². The van der Waals surface area contributed by atoms with E-state index in [1.165, 1.54) is 6.08 Å². The molecule has 0 atom stereocenters. The van der Waals surface area contributed by atoms with Crippen LogP contribution >= 0.6 is 0 Å². The van der Waals surface area contributed by atoms with Crippen LogP contribution in [0.3, 0.4) is 0 Å². The van der Waals surface area contributed by atoms with Gasteiger partial charge in [0.05, 0.1) is 5.69 Å². The molecule has 21 heavy (non-hydrogen) atoms. The first-order chi connectivity index (χ1) is 9.92. The Balaban J connectivity index is 2.41. The molecule has 1 amide bonds. The number of hydrogen-bond donors (Lipinski definition) is 1. The molecule has 0 aliphatic heterocycles. The molecule has 0 saturated heterocycles. The molecule has 0 aliphatic carbocycles. The first-order valence-electron chi connectivity index (χ1n) is 6.64. The SMILES string of the molecule is Cc1nn(C)c2ncc(/C=C(/C#N)C(=O)NC(C)C)cc12. The van der Waals surface area contributed by atoms with Gasteiger partial charge < -0.3 is 5.32 Å². The van der Waals surface area contributed by atoms with Crippen LogP contribution in [0.5, 0.6) is 0 Å². The van der Waals surface area contributed by atoms with Crippen molar-refractivity contribution >= 4 is 23.0 Å². The Labute approximate surface area is 123 Å². The number of carbonyl (C=O) groups excluding carboxylic acids is 1. The molecule has 2 rings (SSSR count). The maximum absolute atomic E-state index is 11.9. The summed E-state index contributed by atoms with van der Waals surface area (Å²) in [7, 11) is 1.83. The lowest BCUT2D eigenvalue weighted by Gasteiger charge is -2.06. The number of pyridine rings is 1. The molecule has 0 spiro atoms. The minimum absolute atomic E-state index is 0.0181. The molecule has 2 aromatic rings. The largest absolute Gasteiger partial charge is 0.349 e. The molecule has 6 nitrogen and oxygen atoms in total. The fourth-order valence-electron chi connectivity index (χ4n) is 2.06. The summed E-state index contributed by atoms with van der Waals surface area (Å²) in [5.74, 6) is -0.379. The van der Waals surface area contributed by atoms with Gasteiger partial charge in [-0.1, -0.05) is 0 Å². The lowest BCUT2D eigenvalue weighted by Crippen LogP contribution is -2.30. The lowest BCUT2D eigenvalue weighted by molar-refractivity contribution is -0.117. The first kappa shape index (κ1) is 14.7. The Morgan fingerprint density at radius 1 is 1.52 bits per heavy atom. The quantitative estimate of drug-likeness (QED) is 0.686. The van der Waals surface area contributed by atoms with E-state index in [-0.39, 0.29) is 17.5 Å². The van der Waals surface area contributed by atoms with Gasteiger partial charge in [-0.25, -0.2) is 4.98 Å². The number of fused-ring (bicyclic) bond motifs is 1. The molecule has 6 heteroatoms. The van der Waals surface area contributed by atoms with Crippen LogP contribution in [0.1, 0.15) is 25.1 Å². The average molecular weight is 283 g/mol. The number of amides is 1. The van der Waals surface area contributed by atoms with Gasteiger partial charge in [-0.15, -0.1) is 0 Å². The van der Waals surface area contributed by atoms with E-state index < -0.39 is 0 Å². The number of aromatic nitrogens is 3. The second-order valence-electron chi connectivity index (χ2n) is 5.15. The summed E-state index contributed by atoms with van der Waals surface area (Å²) < 4.78 is 1.70. The number of nitriles is 1. The number of hydrogen-bond acceptors (Lipinski definition) is 4. The molecule has 1 N–H and O–H groups in total. The van der Waals surface area contributed by atoms with E-state index in [1.54, 1.807) is 10.9 Å². The van der Waals surface area contributed by atoms with Gasteiger partial charge in [0.15, 0.2) is 5.65 Å².